The Bertz CT molecular complexity index is 625. The van der Waals surface area contributed by atoms with E-state index in [0.29, 0.717) is 19.6 Å². The van der Waals surface area contributed by atoms with E-state index in [4.69, 9.17) is 4.74 Å². The lowest BCUT2D eigenvalue weighted by Crippen LogP contribution is -2.57. The zero-order valence-electron chi connectivity index (χ0n) is 16.7. The summed E-state index contributed by atoms with van der Waals surface area (Å²) in [6.45, 7) is 9.03. The number of ether oxygens (including phenoxy) is 1. The fourth-order valence-corrected chi connectivity index (χ4v) is 3.22. The molecule has 1 heterocycles. The Kier molecular flexibility index (Phi) is 6.29. The number of nitrogens with zero attached hydrogens (tertiary/aromatic N) is 3. The van der Waals surface area contributed by atoms with Crippen LogP contribution in [0.5, 0.6) is 0 Å². The van der Waals surface area contributed by atoms with Crippen LogP contribution in [0.3, 0.4) is 0 Å². The standard InChI is InChI=1S/C20H31N3O3/c1-15-14-22(12-13-23(15)19(25)26-20(2,3)4)18(24)17(21(5)6)16-10-8-7-9-11-16/h7-11,15,17H,12-14H2,1-6H3/t15-,17-/m1/s1. The van der Waals surface area contributed by atoms with Crippen molar-refractivity contribution in [3.8, 4) is 0 Å². The fourth-order valence-electron chi connectivity index (χ4n) is 3.22. The summed E-state index contributed by atoms with van der Waals surface area (Å²) in [6, 6.07) is 9.39. The Morgan fingerprint density at radius 1 is 1.15 bits per heavy atom. The van der Waals surface area contributed by atoms with Crippen molar-refractivity contribution < 1.29 is 14.3 Å². The molecule has 6 heteroatoms. The molecule has 1 aromatic carbocycles. The van der Waals surface area contributed by atoms with Crippen LogP contribution in [0.25, 0.3) is 0 Å². The number of amides is 2. The molecule has 0 aliphatic carbocycles. The fraction of sp³-hybridized carbons (Fsp3) is 0.600. The van der Waals surface area contributed by atoms with E-state index < -0.39 is 5.60 Å². The first kappa shape index (κ1) is 20.2. The normalized spacial score (nSPS) is 19.4. The van der Waals surface area contributed by atoms with Gasteiger partial charge in [-0.3, -0.25) is 9.69 Å². The van der Waals surface area contributed by atoms with E-state index in [1.807, 2.05) is 81.9 Å². The molecule has 2 rings (SSSR count). The van der Waals surface area contributed by atoms with E-state index in [2.05, 4.69) is 0 Å². The molecule has 1 aliphatic rings. The van der Waals surface area contributed by atoms with Crippen LogP contribution in [0.4, 0.5) is 4.79 Å². The molecule has 1 fully saturated rings. The number of carbonyl (C=O) groups excluding carboxylic acids is 2. The zero-order chi connectivity index (χ0) is 19.5. The van der Waals surface area contributed by atoms with Crippen molar-refractivity contribution in [2.75, 3.05) is 33.7 Å². The molecule has 0 radical (unpaired) electrons. The Balaban J connectivity index is 2.07. The molecule has 0 aromatic heterocycles. The van der Waals surface area contributed by atoms with Crippen molar-refractivity contribution in [3.05, 3.63) is 35.9 Å². The van der Waals surface area contributed by atoms with E-state index in [0.717, 1.165) is 5.56 Å². The van der Waals surface area contributed by atoms with Crippen molar-refractivity contribution in [3.63, 3.8) is 0 Å². The Morgan fingerprint density at radius 2 is 1.77 bits per heavy atom. The average Bonchev–Trinajstić information content (AvgIpc) is 2.53. The highest BCUT2D eigenvalue weighted by Crippen LogP contribution is 2.23. The summed E-state index contributed by atoms with van der Waals surface area (Å²) < 4.78 is 5.47. The third kappa shape index (κ3) is 4.97. The van der Waals surface area contributed by atoms with Gasteiger partial charge in [-0.1, -0.05) is 30.3 Å². The van der Waals surface area contributed by atoms with Gasteiger partial charge in [0.1, 0.15) is 11.6 Å². The number of rotatable bonds is 3. The highest BCUT2D eigenvalue weighted by Gasteiger charge is 2.35. The van der Waals surface area contributed by atoms with Crippen LogP contribution in [-0.2, 0) is 9.53 Å². The lowest BCUT2D eigenvalue weighted by molar-refractivity contribution is -0.139. The SMILES string of the molecule is C[C@@H]1CN(C(=O)[C@@H](c2ccccc2)N(C)C)CCN1C(=O)OC(C)(C)C. The summed E-state index contributed by atoms with van der Waals surface area (Å²) in [5.41, 5.74) is 0.456. The van der Waals surface area contributed by atoms with Gasteiger partial charge in [0, 0.05) is 25.7 Å². The van der Waals surface area contributed by atoms with E-state index in [-0.39, 0.29) is 24.1 Å². The molecule has 2 atom stereocenters. The van der Waals surface area contributed by atoms with Gasteiger partial charge in [0.25, 0.3) is 0 Å². The molecule has 26 heavy (non-hydrogen) atoms. The first-order chi connectivity index (χ1) is 12.1. The van der Waals surface area contributed by atoms with Gasteiger partial charge in [0.15, 0.2) is 0 Å². The summed E-state index contributed by atoms with van der Waals surface area (Å²) in [5.74, 6) is 0.0666. The number of piperazine rings is 1. The second-order valence-corrected chi connectivity index (χ2v) is 8.08. The topological polar surface area (TPSA) is 53.1 Å². The lowest BCUT2D eigenvalue weighted by atomic mass is 10.0. The molecule has 1 saturated heterocycles. The molecular weight excluding hydrogens is 330 g/mol. The number of hydrogen-bond donors (Lipinski definition) is 0. The van der Waals surface area contributed by atoms with E-state index in [9.17, 15) is 9.59 Å². The van der Waals surface area contributed by atoms with Crippen LogP contribution < -0.4 is 0 Å². The average molecular weight is 361 g/mol. The van der Waals surface area contributed by atoms with Crippen LogP contribution in [0.2, 0.25) is 0 Å². The molecule has 0 saturated carbocycles. The largest absolute Gasteiger partial charge is 0.444 e. The van der Waals surface area contributed by atoms with Gasteiger partial charge >= 0.3 is 6.09 Å². The summed E-state index contributed by atoms with van der Waals surface area (Å²) in [4.78, 5) is 31.0. The third-order valence-corrected chi connectivity index (χ3v) is 4.43. The number of likely N-dealkylation sites (N-methyl/N-ethyl adjacent to an activating group) is 1. The smallest absolute Gasteiger partial charge is 0.410 e. The molecule has 0 bridgehead atoms. The van der Waals surface area contributed by atoms with Crippen molar-refractivity contribution in [2.45, 2.75) is 45.4 Å². The second kappa shape index (κ2) is 8.08. The maximum Gasteiger partial charge on any atom is 0.410 e. The van der Waals surface area contributed by atoms with Crippen LogP contribution in [-0.4, -0.2) is 72.1 Å². The van der Waals surface area contributed by atoms with Crippen LogP contribution >= 0.6 is 0 Å². The summed E-state index contributed by atoms with van der Waals surface area (Å²) >= 11 is 0. The molecular formula is C20H31N3O3. The van der Waals surface area contributed by atoms with E-state index in [1.54, 1.807) is 4.90 Å². The first-order valence-corrected chi connectivity index (χ1v) is 9.10. The Hall–Kier alpha value is -2.08. The van der Waals surface area contributed by atoms with Gasteiger partial charge in [-0.05, 0) is 47.4 Å². The summed E-state index contributed by atoms with van der Waals surface area (Å²) in [5, 5.41) is 0. The van der Waals surface area contributed by atoms with Crippen LogP contribution in [0, 0.1) is 0 Å². The van der Waals surface area contributed by atoms with Crippen molar-refractivity contribution >= 4 is 12.0 Å². The van der Waals surface area contributed by atoms with E-state index >= 15 is 0 Å². The van der Waals surface area contributed by atoms with Crippen molar-refractivity contribution in [2.24, 2.45) is 0 Å². The minimum Gasteiger partial charge on any atom is -0.444 e. The quantitative estimate of drug-likeness (QED) is 0.831. The highest BCUT2D eigenvalue weighted by atomic mass is 16.6. The van der Waals surface area contributed by atoms with Gasteiger partial charge in [0.2, 0.25) is 5.91 Å². The highest BCUT2D eigenvalue weighted by molar-refractivity contribution is 5.83. The Morgan fingerprint density at radius 3 is 2.27 bits per heavy atom. The summed E-state index contributed by atoms with van der Waals surface area (Å²) in [6.07, 6.45) is -0.315. The Labute approximate surface area is 156 Å². The molecule has 1 aliphatic heterocycles. The molecule has 144 valence electrons. The predicted molar refractivity (Wildman–Crippen MR) is 102 cm³/mol. The minimum absolute atomic E-state index is 0.0666. The minimum atomic E-state index is -0.521. The molecule has 0 spiro atoms. The predicted octanol–water partition coefficient (Wildman–Crippen LogP) is 2.76. The molecule has 0 N–H and O–H groups in total. The molecule has 0 unspecified atom stereocenters. The van der Waals surface area contributed by atoms with Gasteiger partial charge in [0.05, 0.1) is 0 Å². The van der Waals surface area contributed by atoms with Gasteiger partial charge in [-0.15, -0.1) is 0 Å². The van der Waals surface area contributed by atoms with Gasteiger partial charge < -0.3 is 14.5 Å². The molecule has 2 amide bonds. The number of hydrogen-bond acceptors (Lipinski definition) is 4. The van der Waals surface area contributed by atoms with Crippen LogP contribution in [0.1, 0.15) is 39.3 Å². The molecule has 1 aromatic rings. The lowest BCUT2D eigenvalue weighted by Gasteiger charge is -2.41. The third-order valence-electron chi connectivity index (χ3n) is 4.43. The van der Waals surface area contributed by atoms with Crippen molar-refractivity contribution in [1.82, 2.24) is 14.7 Å². The molecule has 6 nitrogen and oxygen atoms in total. The second-order valence-electron chi connectivity index (χ2n) is 8.08. The summed E-state index contributed by atoms with van der Waals surface area (Å²) in [7, 11) is 3.83. The first-order valence-electron chi connectivity index (χ1n) is 9.10. The monoisotopic (exact) mass is 361 g/mol. The maximum atomic E-state index is 13.1. The van der Waals surface area contributed by atoms with Crippen molar-refractivity contribution in [1.29, 1.82) is 0 Å². The maximum absolute atomic E-state index is 13.1. The zero-order valence-corrected chi connectivity index (χ0v) is 16.7. The van der Waals surface area contributed by atoms with Gasteiger partial charge in [-0.2, -0.15) is 0 Å². The van der Waals surface area contributed by atoms with E-state index in [1.165, 1.54) is 0 Å². The van der Waals surface area contributed by atoms with Gasteiger partial charge in [-0.25, -0.2) is 4.79 Å². The van der Waals surface area contributed by atoms with Crippen LogP contribution in [0.15, 0.2) is 30.3 Å². The number of benzene rings is 1. The number of carbonyl (C=O) groups is 2.